The minimum Gasteiger partial charge on any atom is -0.486 e. The Bertz CT molecular complexity index is 753. The van der Waals surface area contributed by atoms with Gasteiger partial charge in [0, 0.05) is 12.5 Å². The molecular weight excluding hydrogens is 320 g/mol. The van der Waals surface area contributed by atoms with E-state index in [2.05, 4.69) is 4.98 Å². The lowest BCUT2D eigenvalue weighted by Crippen LogP contribution is -2.44. The standard InChI is InChI=1S/C19H22N2O4/c1-2-9-21(19(22)15-12-24-18(20-15)13-7-8-13)10-14-11-23-16-5-3-4-6-17(16)25-14/h3-6,12-14H,2,7-11H2,1H3/t14-/m0/s1. The summed E-state index contributed by atoms with van der Waals surface area (Å²) in [6.07, 6.45) is 4.34. The minimum atomic E-state index is -0.194. The third-order valence-electron chi connectivity index (χ3n) is 4.44. The normalized spacial score (nSPS) is 18.8. The maximum absolute atomic E-state index is 12.8. The van der Waals surface area contributed by atoms with E-state index in [1.165, 1.54) is 6.26 Å². The summed E-state index contributed by atoms with van der Waals surface area (Å²) < 4.78 is 17.2. The number of hydrogen-bond acceptors (Lipinski definition) is 5. The lowest BCUT2D eigenvalue weighted by Gasteiger charge is -2.31. The van der Waals surface area contributed by atoms with E-state index >= 15 is 0 Å². The van der Waals surface area contributed by atoms with Crippen LogP contribution in [0.3, 0.4) is 0 Å². The molecule has 25 heavy (non-hydrogen) atoms. The number of para-hydroxylation sites is 2. The van der Waals surface area contributed by atoms with E-state index in [1.807, 2.05) is 31.2 Å². The van der Waals surface area contributed by atoms with Gasteiger partial charge in [-0.25, -0.2) is 4.98 Å². The second-order valence-corrected chi connectivity index (χ2v) is 6.59. The number of fused-ring (bicyclic) bond motifs is 1. The number of ether oxygens (including phenoxy) is 2. The van der Waals surface area contributed by atoms with Crippen molar-refractivity contribution in [1.82, 2.24) is 9.88 Å². The minimum absolute atomic E-state index is 0.111. The maximum Gasteiger partial charge on any atom is 0.275 e. The van der Waals surface area contributed by atoms with Gasteiger partial charge in [0.15, 0.2) is 29.2 Å². The number of carbonyl (C=O) groups excluding carboxylic acids is 1. The van der Waals surface area contributed by atoms with Crippen LogP contribution in [0.2, 0.25) is 0 Å². The summed E-state index contributed by atoms with van der Waals surface area (Å²) in [6, 6.07) is 7.59. The van der Waals surface area contributed by atoms with Gasteiger partial charge < -0.3 is 18.8 Å². The number of aromatic nitrogens is 1. The van der Waals surface area contributed by atoms with Crippen LogP contribution in [-0.2, 0) is 0 Å². The van der Waals surface area contributed by atoms with E-state index in [0.29, 0.717) is 37.2 Å². The maximum atomic E-state index is 12.8. The van der Waals surface area contributed by atoms with E-state index in [1.54, 1.807) is 4.90 Å². The smallest absolute Gasteiger partial charge is 0.275 e. The van der Waals surface area contributed by atoms with E-state index in [0.717, 1.165) is 30.8 Å². The van der Waals surface area contributed by atoms with Crippen molar-refractivity contribution in [3.63, 3.8) is 0 Å². The van der Waals surface area contributed by atoms with Crippen LogP contribution in [-0.4, -0.2) is 41.6 Å². The van der Waals surface area contributed by atoms with Gasteiger partial charge in [0.25, 0.3) is 5.91 Å². The van der Waals surface area contributed by atoms with Gasteiger partial charge in [-0.2, -0.15) is 0 Å². The summed E-state index contributed by atoms with van der Waals surface area (Å²) in [5.41, 5.74) is 0.382. The van der Waals surface area contributed by atoms with Crippen LogP contribution in [0, 0.1) is 0 Å². The topological polar surface area (TPSA) is 64.8 Å². The highest BCUT2D eigenvalue weighted by Crippen LogP contribution is 2.39. The van der Waals surface area contributed by atoms with Crippen molar-refractivity contribution < 1.29 is 18.7 Å². The highest BCUT2D eigenvalue weighted by Gasteiger charge is 2.31. The van der Waals surface area contributed by atoms with Crippen LogP contribution < -0.4 is 9.47 Å². The Hall–Kier alpha value is -2.50. The molecule has 1 atom stereocenters. The fourth-order valence-electron chi connectivity index (χ4n) is 3.01. The van der Waals surface area contributed by atoms with Crippen molar-refractivity contribution in [1.29, 1.82) is 0 Å². The van der Waals surface area contributed by atoms with Crippen molar-refractivity contribution in [2.75, 3.05) is 19.7 Å². The molecule has 2 aliphatic rings. The first kappa shape index (κ1) is 16.0. The van der Waals surface area contributed by atoms with Crippen LogP contribution in [0.5, 0.6) is 11.5 Å². The molecule has 1 fully saturated rings. The molecular formula is C19H22N2O4. The second-order valence-electron chi connectivity index (χ2n) is 6.59. The number of nitrogens with zero attached hydrogens (tertiary/aromatic N) is 2. The number of rotatable bonds is 6. The van der Waals surface area contributed by atoms with Crippen molar-refractivity contribution in [2.24, 2.45) is 0 Å². The first-order valence-electron chi connectivity index (χ1n) is 8.87. The summed E-state index contributed by atoms with van der Waals surface area (Å²) in [6.45, 7) is 3.58. The van der Waals surface area contributed by atoms with Crippen LogP contribution in [0.25, 0.3) is 0 Å². The lowest BCUT2D eigenvalue weighted by molar-refractivity contribution is 0.0459. The lowest BCUT2D eigenvalue weighted by atomic mass is 10.2. The molecule has 132 valence electrons. The molecule has 2 heterocycles. The third kappa shape index (κ3) is 3.48. The number of oxazole rings is 1. The average Bonchev–Trinajstić information content (AvgIpc) is 3.37. The molecule has 2 aromatic rings. The predicted octanol–water partition coefficient (Wildman–Crippen LogP) is 3.24. The zero-order valence-corrected chi connectivity index (χ0v) is 14.3. The number of hydrogen-bond donors (Lipinski definition) is 0. The molecule has 4 rings (SSSR count). The number of benzene rings is 1. The van der Waals surface area contributed by atoms with Crippen molar-refractivity contribution >= 4 is 5.91 Å². The molecule has 0 bridgehead atoms. The van der Waals surface area contributed by atoms with Crippen LogP contribution >= 0.6 is 0 Å². The predicted molar refractivity (Wildman–Crippen MR) is 91.0 cm³/mol. The zero-order valence-electron chi connectivity index (χ0n) is 14.3. The van der Waals surface area contributed by atoms with Crippen molar-refractivity contribution in [2.45, 2.75) is 38.2 Å². The Morgan fingerprint density at radius 1 is 1.28 bits per heavy atom. The monoisotopic (exact) mass is 342 g/mol. The van der Waals surface area contributed by atoms with Crippen LogP contribution in [0.1, 0.15) is 48.5 Å². The summed E-state index contributed by atoms with van der Waals surface area (Å²) >= 11 is 0. The highest BCUT2D eigenvalue weighted by atomic mass is 16.6. The molecule has 1 aliphatic carbocycles. The van der Waals surface area contributed by atoms with E-state index in [9.17, 15) is 4.79 Å². The molecule has 6 nitrogen and oxygen atoms in total. The molecule has 0 radical (unpaired) electrons. The van der Waals surface area contributed by atoms with Gasteiger partial charge in [-0.1, -0.05) is 19.1 Å². The van der Waals surface area contributed by atoms with Crippen molar-refractivity contribution in [3.05, 3.63) is 42.1 Å². The second kappa shape index (κ2) is 6.78. The zero-order chi connectivity index (χ0) is 17.2. The Labute approximate surface area is 146 Å². The fourth-order valence-corrected chi connectivity index (χ4v) is 3.01. The average molecular weight is 342 g/mol. The fraction of sp³-hybridized carbons (Fsp3) is 0.474. The van der Waals surface area contributed by atoms with Gasteiger partial charge in [-0.15, -0.1) is 0 Å². The largest absolute Gasteiger partial charge is 0.486 e. The Balaban J connectivity index is 1.44. The summed E-state index contributed by atoms with van der Waals surface area (Å²) in [7, 11) is 0. The number of carbonyl (C=O) groups is 1. The molecule has 1 aromatic heterocycles. The molecule has 1 aromatic carbocycles. The SMILES string of the molecule is CCCN(C[C@H]1COc2ccccc2O1)C(=O)c1coc(C2CC2)n1. The highest BCUT2D eigenvalue weighted by molar-refractivity contribution is 5.92. The Morgan fingerprint density at radius 3 is 2.84 bits per heavy atom. The van der Waals surface area contributed by atoms with Gasteiger partial charge in [0.1, 0.15) is 12.9 Å². The van der Waals surface area contributed by atoms with E-state index in [-0.39, 0.29) is 12.0 Å². The third-order valence-corrected chi connectivity index (χ3v) is 4.44. The molecule has 0 N–H and O–H groups in total. The van der Waals surface area contributed by atoms with Crippen molar-refractivity contribution in [3.8, 4) is 11.5 Å². The Kier molecular flexibility index (Phi) is 4.34. The molecule has 1 saturated carbocycles. The number of amides is 1. The first-order chi connectivity index (χ1) is 12.2. The van der Waals surface area contributed by atoms with E-state index < -0.39 is 0 Å². The molecule has 0 spiro atoms. The van der Waals surface area contributed by atoms with Gasteiger partial charge >= 0.3 is 0 Å². The molecule has 6 heteroatoms. The summed E-state index contributed by atoms with van der Waals surface area (Å²) in [4.78, 5) is 19.0. The van der Waals surface area contributed by atoms with Gasteiger partial charge in [-0.3, -0.25) is 4.79 Å². The quantitative estimate of drug-likeness (QED) is 0.806. The Morgan fingerprint density at radius 2 is 2.08 bits per heavy atom. The van der Waals surface area contributed by atoms with Crippen LogP contribution in [0.4, 0.5) is 0 Å². The molecule has 0 unspecified atom stereocenters. The molecule has 0 saturated heterocycles. The summed E-state index contributed by atoms with van der Waals surface area (Å²) in [5.74, 6) is 2.44. The van der Waals surface area contributed by atoms with Gasteiger partial charge in [-0.05, 0) is 31.4 Å². The first-order valence-corrected chi connectivity index (χ1v) is 8.87. The molecule has 1 aliphatic heterocycles. The molecule has 1 amide bonds. The van der Waals surface area contributed by atoms with E-state index in [4.69, 9.17) is 13.9 Å². The van der Waals surface area contributed by atoms with Gasteiger partial charge in [0.05, 0.1) is 6.54 Å². The van der Waals surface area contributed by atoms with Crippen LogP contribution in [0.15, 0.2) is 34.9 Å². The van der Waals surface area contributed by atoms with Gasteiger partial charge in [0.2, 0.25) is 0 Å². The summed E-state index contributed by atoms with van der Waals surface area (Å²) in [5, 5.41) is 0.